The quantitative estimate of drug-likeness (QED) is 0.801. The highest BCUT2D eigenvalue weighted by molar-refractivity contribution is 5.92. The smallest absolute Gasteiger partial charge is 0.229 e. The van der Waals surface area contributed by atoms with E-state index in [1.54, 1.807) is 0 Å². The minimum absolute atomic E-state index is 0.0218. The first kappa shape index (κ1) is 16.0. The maximum absolute atomic E-state index is 12.6. The van der Waals surface area contributed by atoms with Crippen LogP contribution in [0.15, 0.2) is 6.07 Å². The van der Waals surface area contributed by atoms with E-state index in [1.165, 1.54) is 0 Å². The predicted octanol–water partition coefficient (Wildman–Crippen LogP) is 2.87. The number of hydrogen-bond donors (Lipinski definition) is 3. The van der Waals surface area contributed by atoms with E-state index in [9.17, 15) is 4.79 Å². The van der Waals surface area contributed by atoms with Crippen LogP contribution in [0, 0.1) is 17.3 Å². The van der Waals surface area contributed by atoms with Crippen molar-refractivity contribution in [2.45, 2.75) is 59.4 Å². The van der Waals surface area contributed by atoms with E-state index in [-0.39, 0.29) is 23.3 Å². The summed E-state index contributed by atoms with van der Waals surface area (Å²) in [6.07, 6.45) is 1.74. The zero-order valence-electron chi connectivity index (χ0n) is 13.7. The fraction of sp³-hybridized carbons (Fsp3) is 0.750. The Bertz CT molecular complexity index is 506. The number of carbonyl (C=O) groups excluding carboxylic acids is 1. The Balaban J connectivity index is 2.08. The van der Waals surface area contributed by atoms with Crippen LogP contribution in [0.2, 0.25) is 0 Å². The molecule has 1 amide bonds. The number of amides is 1. The topological polar surface area (TPSA) is 83.8 Å². The van der Waals surface area contributed by atoms with Crippen LogP contribution < -0.4 is 11.1 Å². The summed E-state index contributed by atoms with van der Waals surface area (Å²) in [5, 5.41) is 10.1. The molecule has 1 aliphatic rings. The lowest BCUT2D eigenvalue weighted by atomic mass is 9.61. The number of carbonyl (C=O) groups is 1. The minimum Gasteiger partial charge on any atom is -0.327 e. The van der Waals surface area contributed by atoms with Gasteiger partial charge in [-0.1, -0.05) is 34.6 Å². The fourth-order valence-corrected chi connectivity index (χ4v) is 3.23. The molecular weight excluding hydrogens is 264 g/mol. The van der Waals surface area contributed by atoms with E-state index in [4.69, 9.17) is 5.73 Å². The molecule has 0 spiro atoms. The third kappa shape index (κ3) is 3.12. The number of hydrogen-bond acceptors (Lipinski definition) is 3. The van der Waals surface area contributed by atoms with Crippen molar-refractivity contribution in [2.75, 3.05) is 5.32 Å². The number of nitrogens with zero attached hydrogens (tertiary/aromatic N) is 1. The molecule has 2 rings (SSSR count). The first-order valence-corrected chi connectivity index (χ1v) is 7.85. The summed E-state index contributed by atoms with van der Waals surface area (Å²) < 4.78 is 0. The van der Waals surface area contributed by atoms with Gasteiger partial charge in [0.25, 0.3) is 0 Å². The number of rotatable bonds is 3. The van der Waals surface area contributed by atoms with Crippen LogP contribution in [0.4, 0.5) is 5.82 Å². The summed E-state index contributed by atoms with van der Waals surface area (Å²) in [5.41, 5.74) is 7.09. The van der Waals surface area contributed by atoms with Gasteiger partial charge in [-0.2, -0.15) is 5.10 Å². The van der Waals surface area contributed by atoms with Gasteiger partial charge in [0.05, 0.1) is 0 Å². The van der Waals surface area contributed by atoms with Gasteiger partial charge in [-0.15, -0.1) is 0 Å². The van der Waals surface area contributed by atoms with Gasteiger partial charge in [0, 0.05) is 23.7 Å². The summed E-state index contributed by atoms with van der Waals surface area (Å²) in [6, 6.07) is 2.09. The standard InChI is InChI=1S/C16H28N4O/c1-9(2)13-8-14(20-19-13)18-15(21)11-6-7-12(17)10(3)16(11,4)5/h8-12H,6-7,17H2,1-5H3,(H2,18,19,20,21). The Morgan fingerprint density at radius 3 is 2.71 bits per heavy atom. The van der Waals surface area contributed by atoms with Crippen molar-refractivity contribution < 1.29 is 4.79 Å². The summed E-state index contributed by atoms with van der Waals surface area (Å²) in [4.78, 5) is 12.6. The van der Waals surface area contributed by atoms with Gasteiger partial charge >= 0.3 is 0 Å². The highest BCUT2D eigenvalue weighted by atomic mass is 16.2. The summed E-state index contributed by atoms with van der Waals surface area (Å²) in [6.45, 7) is 10.6. The van der Waals surface area contributed by atoms with Crippen LogP contribution in [0.1, 0.15) is 59.1 Å². The third-order valence-corrected chi connectivity index (χ3v) is 5.29. The molecule has 0 radical (unpaired) electrons. The van der Waals surface area contributed by atoms with Gasteiger partial charge in [0.15, 0.2) is 5.82 Å². The van der Waals surface area contributed by atoms with E-state index in [0.717, 1.165) is 18.5 Å². The van der Waals surface area contributed by atoms with Crippen molar-refractivity contribution >= 4 is 11.7 Å². The molecule has 5 nitrogen and oxygen atoms in total. The average Bonchev–Trinajstić information content (AvgIpc) is 2.84. The van der Waals surface area contributed by atoms with E-state index in [2.05, 4.69) is 50.1 Å². The monoisotopic (exact) mass is 292 g/mol. The van der Waals surface area contributed by atoms with Crippen LogP contribution in [0.3, 0.4) is 0 Å². The molecule has 4 N–H and O–H groups in total. The molecule has 0 aromatic carbocycles. The van der Waals surface area contributed by atoms with E-state index in [0.29, 0.717) is 17.7 Å². The van der Waals surface area contributed by atoms with Crippen molar-refractivity contribution in [1.82, 2.24) is 10.2 Å². The Labute approximate surface area is 127 Å². The lowest BCUT2D eigenvalue weighted by molar-refractivity contribution is -0.127. The third-order valence-electron chi connectivity index (χ3n) is 5.29. The molecule has 1 heterocycles. The van der Waals surface area contributed by atoms with Crippen LogP contribution in [-0.2, 0) is 4.79 Å². The lowest BCUT2D eigenvalue weighted by Gasteiger charge is -2.45. The Morgan fingerprint density at radius 1 is 1.48 bits per heavy atom. The first-order valence-electron chi connectivity index (χ1n) is 7.85. The summed E-state index contributed by atoms with van der Waals surface area (Å²) >= 11 is 0. The minimum atomic E-state index is -0.0983. The van der Waals surface area contributed by atoms with Crippen molar-refractivity contribution in [2.24, 2.45) is 23.0 Å². The summed E-state index contributed by atoms with van der Waals surface area (Å²) in [5.74, 6) is 1.34. The fourth-order valence-electron chi connectivity index (χ4n) is 3.23. The number of nitrogens with one attached hydrogen (secondary N) is 2. The second kappa shape index (κ2) is 5.79. The molecule has 1 aliphatic carbocycles. The van der Waals surface area contributed by atoms with E-state index >= 15 is 0 Å². The molecule has 0 saturated heterocycles. The molecule has 0 aliphatic heterocycles. The van der Waals surface area contributed by atoms with Crippen LogP contribution >= 0.6 is 0 Å². The molecule has 3 unspecified atom stereocenters. The average molecular weight is 292 g/mol. The molecule has 1 aromatic rings. The first-order chi connectivity index (χ1) is 9.73. The largest absolute Gasteiger partial charge is 0.327 e. The zero-order chi connectivity index (χ0) is 15.8. The van der Waals surface area contributed by atoms with Crippen molar-refractivity contribution in [1.29, 1.82) is 0 Å². The predicted molar refractivity (Wildman–Crippen MR) is 85.0 cm³/mol. The number of aromatic amines is 1. The Kier molecular flexibility index (Phi) is 4.42. The van der Waals surface area contributed by atoms with Gasteiger partial charge in [0.2, 0.25) is 5.91 Å². The molecule has 118 valence electrons. The van der Waals surface area contributed by atoms with Gasteiger partial charge in [-0.25, -0.2) is 0 Å². The number of aromatic nitrogens is 2. The van der Waals surface area contributed by atoms with Crippen LogP contribution in [0.5, 0.6) is 0 Å². The van der Waals surface area contributed by atoms with Crippen molar-refractivity contribution in [3.63, 3.8) is 0 Å². The molecule has 1 fully saturated rings. The number of nitrogens with two attached hydrogens (primary N) is 1. The van der Waals surface area contributed by atoms with E-state index in [1.807, 2.05) is 6.07 Å². The molecule has 0 bridgehead atoms. The maximum atomic E-state index is 12.6. The zero-order valence-corrected chi connectivity index (χ0v) is 13.7. The molecule has 1 aromatic heterocycles. The van der Waals surface area contributed by atoms with E-state index < -0.39 is 0 Å². The highest BCUT2D eigenvalue weighted by Gasteiger charge is 2.45. The second-order valence-electron chi connectivity index (χ2n) is 7.26. The summed E-state index contributed by atoms with van der Waals surface area (Å²) in [7, 11) is 0. The SMILES string of the molecule is CC(C)c1cc(NC(=O)C2CCC(N)C(C)C2(C)C)n[nH]1. The molecule has 5 heteroatoms. The van der Waals surface area contributed by atoms with Crippen LogP contribution in [0.25, 0.3) is 0 Å². The van der Waals surface area contributed by atoms with Gasteiger partial charge < -0.3 is 11.1 Å². The molecule has 1 saturated carbocycles. The number of H-pyrrole nitrogens is 1. The van der Waals surface area contributed by atoms with Gasteiger partial charge in [-0.3, -0.25) is 9.89 Å². The normalized spacial score (nSPS) is 28.6. The lowest BCUT2D eigenvalue weighted by Crippen LogP contribution is -2.50. The highest BCUT2D eigenvalue weighted by Crippen LogP contribution is 2.44. The second-order valence-corrected chi connectivity index (χ2v) is 7.26. The Morgan fingerprint density at radius 2 is 2.14 bits per heavy atom. The van der Waals surface area contributed by atoms with Gasteiger partial charge in [-0.05, 0) is 30.1 Å². The van der Waals surface area contributed by atoms with Crippen LogP contribution in [-0.4, -0.2) is 22.1 Å². The molecule has 3 atom stereocenters. The van der Waals surface area contributed by atoms with Gasteiger partial charge in [0.1, 0.15) is 0 Å². The Hall–Kier alpha value is -1.36. The number of anilines is 1. The van der Waals surface area contributed by atoms with Crippen molar-refractivity contribution in [3.05, 3.63) is 11.8 Å². The van der Waals surface area contributed by atoms with Crippen molar-refractivity contribution in [3.8, 4) is 0 Å². The molecular formula is C16H28N4O. The maximum Gasteiger partial charge on any atom is 0.229 e. The molecule has 21 heavy (non-hydrogen) atoms.